The fraction of sp³-hybridized carbons (Fsp3) is 0.750. The Morgan fingerprint density at radius 2 is 1.50 bits per heavy atom. The standard InChI is InChI=1S/C24H37N3O/c28-24(19-12-7-4-2-1-3-5-8-13-19)26-22-18-25-21-15-11-14-20(21)23(22)27-16-9-6-10-17-27/h18-19H,1-17H2,(H,26,28). The minimum Gasteiger partial charge on any atom is -0.370 e. The topological polar surface area (TPSA) is 45.2 Å². The number of nitrogens with one attached hydrogen (secondary N) is 1. The molecule has 0 atom stereocenters. The number of hydrogen-bond acceptors (Lipinski definition) is 3. The van der Waals surface area contributed by atoms with Crippen LogP contribution >= 0.6 is 0 Å². The molecule has 0 bridgehead atoms. The highest BCUT2D eigenvalue weighted by atomic mass is 16.1. The summed E-state index contributed by atoms with van der Waals surface area (Å²) in [6.45, 7) is 2.23. The molecule has 1 saturated heterocycles. The van der Waals surface area contributed by atoms with Crippen LogP contribution in [-0.4, -0.2) is 24.0 Å². The van der Waals surface area contributed by atoms with E-state index >= 15 is 0 Å². The number of aryl methyl sites for hydroxylation is 1. The van der Waals surface area contributed by atoms with Crippen LogP contribution in [0.3, 0.4) is 0 Å². The van der Waals surface area contributed by atoms with Gasteiger partial charge in [-0.2, -0.15) is 0 Å². The molecule has 1 saturated carbocycles. The van der Waals surface area contributed by atoms with Crippen molar-refractivity contribution >= 4 is 17.3 Å². The Hall–Kier alpha value is -1.58. The van der Waals surface area contributed by atoms with Crippen molar-refractivity contribution < 1.29 is 4.79 Å². The molecule has 0 unspecified atom stereocenters. The summed E-state index contributed by atoms with van der Waals surface area (Å²) in [5.41, 5.74) is 4.95. The van der Waals surface area contributed by atoms with Crippen molar-refractivity contribution in [1.82, 2.24) is 4.98 Å². The number of carbonyl (C=O) groups is 1. The van der Waals surface area contributed by atoms with Gasteiger partial charge in [-0.25, -0.2) is 0 Å². The normalized spacial score (nSPS) is 21.9. The molecule has 1 aliphatic heterocycles. The van der Waals surface area contributed by atoms with Gasteiger partial charge >= 0.3 is 0 Å². The summed E-state index contributed by atoms with van der Waals surface area (Å²) in [5, 5.41) is 3.35. The lowest BCUT2D eigenvalue weighted by Crippen LogP contribution is -2.32. The summed E-state index contributed by atoms with van der Waals surface area (Å²) in [7, 11) is 0. The second-order valence-corrected chi connectivity index (χ2v) is 9.09. The Bertz CT molecular complexity index is 656. The average molecular weight is 384 g/mol. The Morgan fingerprint density at radius 3 is 2.21 bits per heavy atom. The first-order chi connectivity index (χ1) is 13.8. The fourth-order valence-electron chi connectivity index (χ4n) is 5.37. The number of nitrogens with zero attached hydrogens (tertiary/aromatic N) is 2. The quantitative estimate of drug-likeness (QED) is 0.734. The summed E-state index contributed by atoms with van der Waals surface area (Å²) in [4.78, 5) is 20.5. The van der Waals surface area contributed by atoms with Gasteiger partial charge in [-0.3, -0.25) is 9.78 Å². The molecule has 4 nitrogen and oxygen atoms in total. The van der Waals surface area contributed by atoms with Crippen molar-refractivity contribution in [2.24, 2.45) is 5.92 Å². The van der Waals surface area contributed by atoms with Gasteiger partial charge in [0, 0.05) is 24.7 Å². The van der Waals surface area contributed by atoms with Gasteiger partial charge in [-0.15, -0.1) is 0 Å². The van der Waals surface area contributed by atoms with Crippen molar-refractivity contribution in [3.05, 3.63) is 17.5 Å². The zero-order valence-corrected chi connectivity index (χ0v) is 17.5. The zero-order chi connectivity index (χ0) is 19.2. The second kappa shape index (κ2) is 9.76. The van der Waals surface area contributed by atoms with Crippen LogP contribution < -0.4 is 10.2 Å². The molecule has 4 heteroatoms. The molecule has 2 heterocycles. The molecule has 0 radical (unpaired) electrons. The maximum atomic E-state index is 13.2. The molecule has 1 aromatic heterocycles. The van der Waals surface area contributed by atoms with Gasteiger partial charge in [0.25, 0.3) is 0 Å². The number of rotatable bonds is 3. The van der Waals surface area contributed by atoms with Crippen LogP contribution in [0.15, 0.2) is 6.20 Å². The molecule has 2 fully saturated rings. The molecule has 1 amide bonds. The summed E-state index contributed by atoms with van der Waals surface area (Å²) >= 11 is 0. The number of anilines is 2. The van der Waals surface area contributed by atoms with Crippen molar-refractivity contribution in [3.63, 3.8) is 0 Å². The van der Waals surface area contributed by atoms with Gasteiger partial charge in [0.1, 0.15) is 0 Å². The molecule has 3 aliphatic rings. The number of amides is 1. The number of fused-ring (bicyclic) bond motifs is 1. The monoisotopic (exact) mass is 383 g/mol. The van der Waals surface area contributed by atoms with Gasteiger partial charge in [0.05, 0.1) is 17.6 Å². The van der Waals surface area contributed by atoms with E-state index in [1.807, 2.05) is 6.20 Å². The number of carbonyl (C=O) groups excluding carboxylic acids is 1. The van der Waals surface area contributed by atoms with E-state index in [0.717, 1.165) is 44.5 Å². The zero-order valence-electron chi connectivity index (χ0n) is 17.5. The molecular weight excluding hydrogens is 346 g/mol. The third kappa shape index (κ3) is 4.69. The van der Waals surface area contributed by atoms with Gasteiger partial charge in [0.15, 0.2) is 0 Å². The lowest BCUT2D eigenvalue weighted by Gasteiger charge is -2.32. The summed E-state index contributed by atoms with van der Waals surface area (Å²) < 4.78 is 0. The lowest BCUT2D eigenvalue weighted by molar-refractivity contribution is -0.120. The predicted molar refractivity (Wildman–Crippen MR) is 116 cm³/mol. The lowest BCUT2D eigenvalue weighted by atomic mass is 9.91. The Balaban J connectivity index is 1.52. The first-order valence-electron chi connectivity index (χ1n) is 11.9. The first-order valence-corrected chi connectivity index (χ1v) is 11.9. The third-order valence-electron chi connectivity index (χ3n) is 6.99. The van der Waals surface area contributed by atoms with E-state index in [-0.39, 0.29) is 11.8 Å². The SMILES string of the molecule is O=C(Nc1cnc2c(c1N1CCCCC1)CCC2)C1CCCCCCCCC1. The van der Waals surface area contributed by atoms with E-state index in [0.29, 0.717) is 0 Å². The van der Waals surface area contributed by atoms with E-state index in [2.05, 4.69) is 10.2 Å². The number of aromatic nitrogens is 1. The number of pyridine rings is 1. The van der Waals surface area contributed by atoms with Crippen molar-refractivity contribution in [3.8, 4) is 0 Å². The van der Waals surface area contributed by atoms with Crippen LogP contribution in [0.4, 0.5) is 11.4 Å². The smallest absolute Gasteiger partial charge is 0.227 e. The van der Waals surface area contributed by atoms with E-state index in [4.69, 9.17) is 4.98 Å². The number of hydrogen-bond donors (Lipinski definition) is 1. The maximum absolute atomic E-state index is 13.2. The maximum Gasteiger partial charge on any atom is 0.227 e. The second-order valence-electron chi connectivity index (χ2n) is 9.09. The van der Waals surface area contributed by atoms with E-state index < -0.39 is 0 Å². The Morgan fingerprint density at radius 1 is 0.857 bits per heavy atom. The summed E-state index contributed by atoms with van der Waals surface area (Å²) in [5.74, 6) is 0.402. The minimum absolute atomic E-state index is 0.167. The summed E-state index contributed by atoms with van der Waals surface area (Å²) in [6.07, 6.45) is 20.3. The Labute approximate surface area is 170 Å². The van der Waals surface area contributed by atoms with E-state index in [1.165, 1.54) is 87.6 Å². The van der Waals surface area contributed by atoms with Gasteiger partial charge < -0.3 is 10.2 Å². The van der Waals surface area contributed by atoms with Crippen LogP contribution in [0.1, 0.15) is 94.7 Å². The largest absolute Gasteiger partial charge is 0.370 e. The molecule has 4 rings (SSSR count). The molecule has 154 valence electrons. The van der Waals surface area contributed by atoms with Crippen molar-refractivity contribution in [2.45, 2.75) is 96.3 Å². The molecule has 0 aromatic carbocycles. The molecule has 28 heavy (non-hydrogen) atoms. The van der Waals surface area contributed by atoms with E-state index in [9.17, 15) is 4.79 Å². The molecule has 1 aromatic rings. The van der Waals surface area contributed by atoms with Crippen LogP contribution in [0.5, 0.6) is 0 Å². The first kappa shape index (κ1) is 19.7. The van der Waals surface area contributed by atoms with Crippen molar-refractivity contribution in [1.29, 1.82) is 0 Å². The van der Waals surface area contributed by atoms with E-state index in [1.54, 1.807) is 0 Å². The van der Waals surface area contributed by atoms with Crippen LogP contribution in [0.2, 0.25) is 0 Å². The molecular formula is C24H37N3O. The molecule has 0 spiro atoms. The Kier molecular flexibility index (Phi) is 6.87. The fourth-order valence-corrected chi connectivity index (χ4v) is 5.37. The van der Waals surface area contributed by atoms with Crippen LogP contribution in [0, 0.1) is 5.92 Å². The minimum atomic E-state index is 0.167. The van der Waals surface area contributed by atoms with Gasteiger partial charge in [0.2, 0.25) is 5.91 Å². The highest BCUT2D eigenvalue weighted by Gasteiger charge is 2.26. The summed E-state index contributed by atoms with van der Waals surface area (Å²) in [6, 6.07) is 0. The van der Waals surface area contributed by atoms with Gasteiger partial charge in [-0.05, 0) is 56.9 Å². The average Bonchev–Trinajstić information content (AvgIpc) is 3.21. The van der Waals surface area contributed by atoms with Gasteiger partial charge in [-0.1, -0.05) is 44.9 Å². The third-order valence-corrected chi connectivity index (χ3v) is 6.99. The van der Waals surface area contributed by atoms with Crippen LogP contribution in [0.25, 0.3) is 0 Å². The predicted octanol–water partition coefficient (Wildman–Crippen LogP) is 5.64. The molecule has 2 aliphatic carbocycles. The van der Waals surface area contributed by atoms with Crippen LogP contribution in [-0.2, 0) is 17.6 Å². The highest BCUT2D eigenvalue weighted by Crippen LogP contribution is 2.38. The number of piperidine rings is 1. The molecule has 1 N–H and O–H groups in total. The highest BCUT2D eigenvalue weighted by molar-refractivity contribution is 5.96. The van der Waals surface area contributed by atoms with Crippen molar-refractivity contribution in [2.75, 3.05) is 23.3 Å².